The fourth-order valence-corrected chi connectivity index (χ4v) is 4.07. The number of aromatic nitrogens is 4. The number of para-hydroxylation sites is 1. The monoisotopic (exact) mass is 371 g/mol. The summed E-state index contributed by atoms with van der Waals surface area (Å²) in [6.07, 6.45) is 5.71. The maximum absolute atomic E-state index is 13.0. The molecular formula is C22H21N5O. The molecule has 1 atom stereocenters. The Hall–Kier alpha value is -3.25. The molecule has 0 radical (unpaired) electrons. The van der Waals surface area contributed by atoms with E-state index in [9.17, 15) is 4.79 Å². The summed E-state index contributed by atoms with van der Waals surface area (Å²) in [6.45, 7) is 0.436. The summed E-state index contributed by atoms with van der Waals surface area (Å²) >= 11 is 0. The summed E-state index contributed by atoms with van der Waals surface area (Å²) < 4.78 is 3.24. The Balaban J connectivity index is 1.45. The highest BCUT2D eigenvalue weighted by molar-refractivity contribution is 5.76. The summed E-state index contributed by atoms with van der Waals surface area (Å²) in [6, 6.07) is 18.6. The summed E-state index contributed by atoms with van der Waals surface area (Å²) in [7, 11) is 2.05. The molecule has 0 fully saturated rings. The minimum Gasteiger partial charge on any atom is -0.280 e. The molecule has 0 N–H and O–H groups in total. The molecule has 6 heteroatoms. The number of benzene rings is 2. The van der Waals surface area contributed by atoms with E-state index < -0.39 is 0 Å². The molecule has 0 unspecified atom stereocenters. The van der Waals surface area contributed by atoms with Gasteiger partial charge in [-0.3, -0.25) is 9.69 Å². The van der Waals surface area contributed by atoms with Crippen LogP contribution < -0.4 is 5.56 Å². The Morgan fingerprint density at radius 3 is 2.75 bits per heavy atom. The Bertz CT molecular complexity index is 1190. The van der Waals surface area contributed by atoms with E-state index in [1.54, 1.807) is 10.9 Å². The van der Waals surface area contributed by atoms with Gasteiger partial charge in [0.15, 0.2) is 5.52 Å². The minimum absolute atomic E-state index is 0.162. The van der Waals surface area contributed by atoms with Gasteiger partial charge in [-0.25, -0.2) is 9.36 Å². The first-order chi connectivity index (χ1) is 13.7. The van der Waals surface area contributed by atoms with Crippen LogP contribution in [0.15, 0.2) is 71.8 Å². The first-order valence-corrected chi connectivity index (χ1v) is 9.50. The highest BCUT2D eigenvalue weighted by atomic mass is 16.1. The first kappa shape index (κ1) is 16.9. The van der Waals surface area contributed by atoms with Gasteiger partial charge in [-0.15, -0.1) is 0 Å². The molecule has 1 aliphatic carbocycles. The van der Waals surface area contributed by atoms with Crippen molar-refractivity contribution in [3.63, 3.8) is 0 Å². The van der Waals surface area contributed by atoms with E-state index in [1.807, 2.05) is 43.6 Å². The van der Waals surface area contributed by atoms with E-state index in [0.717, 1.165) is 23.9 Å². The van der Waals surface area contributed by atoms with Gasteiger partial charge in [0.05, 0.1) is 18.6 Å². The number of rotatable bonds is 4. The molecule has 1 aliphatic rings. The molecule has 28 heavy (non-hydrogen) atoms. The second-order valence-electron chi connectivity index (χ2n) is 7.31. The van der Waals surface area contributed by atoms with Crippen LogP contribution in [0, 0.1) is 0 Å². The van der Waals surface area contributed by atoms with Crippen molar-refractivity contribution in [2.75, 3.05) is 7.05 Å². The third kappa shape index (κ3) is 2.82. The number of nitrogens with zero attached hydrogens (tertiary/aromatic N) is 5. The van der Waals surface area contributed by atoms with Crippen molar-refractivity contribution in [2.24, 2.45) is 0 Å². The smallest absolute Gasteiger partial charge is 0.280 e. The summed E-state index contributed by atoms with van der Waals surface area (Å²) in [4.78, 5) is 15.2. The molecule has 0 saturated carbocycles. The molecule has 140 valence electrons. The topological polar surface area (TPSA) is 56.0 Å². The summed E-state index contributed by atoms with van der Waals surface area (Å²) in [5.41, 5.74) is 3.96. The lowest BCUT2D eigenvalue weighted by Gasteiger charge is -2.25. The predicted molar refractivity (Wildman–Crippen MR) is 108 cm³/mol. The number of hydrogen-bond acceptors (Lipinski definition) is 4. The van der Waals surface area contributed by atoms with E-state index in [1.165, 1.54) is 15.8 Å². The van der Waals surface area contributed by atoms with Gasteiger partial charge in [0.2, 0.25) is 0 Å². The molecule has 0 aliphatic heterocycles. The summed E-state index contributed by atoms with van der Waals surface area (Å²) in [5, 5.41) is 9.65. The van der Waals surface area contributed by atoms with Crippen molar-refractivity contribution in [1.82, 2.24) is 24.5 Å². The number of hydrogen-bond donors (Lipinski definition) is 0. The van der Waals surface area contributed by atoms with Gasteiger partial charge in [0, 0.05) is 17.6 Å². The minimum atomic E-state index is -0.162. The lowest BCUT2D eigenvalue weighted by Crippen LogP contribution is -2.33. The van der Waals surface area contributed by atoms with Crippen LogP contribution in [0.2, 0.25) is 0 Å². The molecular weight excluding hydrogens is 350 g/mol. The lowest BCUT2D eigenvalue weighted by molar-refractivity contribution is 0.180. The molecule has 5 rings (SSSR count). The fourth-order valence-electron chi connectivity index (χ4n) is 4.07. The Kier molecular flexibility index (Phi) is 4.06. The van der Waals surface area contributed by atoms with Gasteiger partial charge >= 0.3 is 0 Å². The fraction of sp³-hybridized carbons (Fsp3) is 0.227. The van der Waals surface area contributed by atoms with E-state index >= 15 is 0 Å². The van der Waals surface area contributed by atoms with Gasteiger partial charge in [0.1, 0.15) is 0 Å². The third-order valence-electron chi connectivity index (χ3n) is 5.53. The Labute approximate surface area is 162 Å². The largest absolute Gasteiger partial charge is 0.296 e. The van der Waals surface area contributed by atoms with E-state index in [0.29, 0.717) is 18.2 Å². The standard InChI is InChI=1S/C22H21N5O/c1-25(20-12-11-16-7-5-6-10-19(16)20)15-27-22(28)21-17(13-23-27)14-26(24-21)18-8-3-2-4-9-18/h2-10,13-14,20H,11-12,15H2,1H3/t20-/m0/s1. The van der Waals surface area contributed by atoms with Gasteiger partial charge in [0.25, 0.3) is 5.56 Å². The SMILES string of the molecule is CN(Cn1ncc2cn(-c3ccccc3)nc2c1=O)[C@H]1CCc2ccccc21. The van der Waals surface area contributed by atoms with Crippen molar-refractivity contribution in [3.05, 3.63) is 88.5 Å². The van der Waals surface area contributed by atoms with Crippen LogP contribution in [0.1, 0.15) is 23.6 Å². The van der Waals surface area contributed by atoms with Crippen LogP contribution >= 0.6 is 0 Å². The van der Waals surface area contributed by atoms with Crippen LogP contribution in [-0.4, -0.2) is 31.5 Å². The molecule has 0 bridgehead atoms. The van der Waals surface area contributed by atoms with Gasteiger partial charge in [-0.1, -0.05) is 42.5 Å². The van der Waals surface area contributed by atoms with Crippen LogP contribution in [0.5, 0.6) is 0 Å². The third-order valence-corrected chi connectivity index (χ3v) is 5.53. The average molecular weight is 371 g/mol. The average Bonchev–Trinajstić information content (AvgIpc) is 3.35. The zero-order valence-electron chi connectivity index (χ0n) is 15.7. The zero-order valence-corrected chi connectivity index (χ0v) is 15.7. The van der Waals surface area contributed by atoms with Crippen molar-refractivity contribution < 1.29 is 0 Å². The molecule has 0 amide bonds. The van der Waals surface area contributed by atoms with Crippen molar-refractivity contribution in [2.45, 2.75) is 25.6 Å². The van der Waals surface area contributed by atoms with Crippen LogP contribution in [0.4, 0.5) is 0 Å². The highest BCUT2D eigenvalue weighted by Crippen LogP contribution is 2.34. The van der Waals surface area contributed by atoms with Gasteiger partial charge in [-0.2, -0.15) is 10.2 Å². The van der Waals surface area contributed by atoms with Crippen molar-refractivity contribution >= 4 is 10.9 Å². The molecule has 0 spiro atoms. The Morgan fingerprint density at radius 1 is 1.11 bits per heavy atom. The second-order valence-corrected chi connectivity index (χ2v) is 7.31. The number of fused-ring (bicyclic) bond motifs is 2. The molecule has 2 heterocycles. The zero-order chi connectivity index (χ0) is 19.1. The van der Waals surface area contributed by atoms with Crippen molar-refractivity contribution in [3.8, 4) is 5.69 Å². The van der Waals surface area contributed by atoms with Crippen LogP contribution in [-0.2, 0) is 13.1 Å². The molecule has 2 aromatic heterocycles. The first-order valence-electron chi connectivity index (χ1n) is 9.50. The van der Waals surface area contributed by atoms with Crippen molar-refractivity contribution in [1.29, 1.82) is 0 Å². The highest BCUT2D eigenvalue weighted by Gasteiger charge is 2.26. The number of aryl methyl sites for hydroxylation is 1. The maximum atomic E-state index is 13.0. The molecule has 0 saturated heterocycles. The second kappa shape index (κ2) is 6.73. The van der Waals surface area contributed by atoms with Crippen LogP contribution in [0.3, 0.4) is 0 Å². The Morgan fingerprint density at radius 2 is 1.89 bits per heavy atom. The maximum Gasteiger partial charge on any atom is 0.296 e. The molecule has 4 aromatic rings. The lowest BCUT2D eigenvalue weighted by atomic mass is 10.1. The van der Waals surface area contributed by atoms with Gasteiger partial charge < -0.3 is 0 Å². The molecule has 6 nitrogen and oxygen atoms in total. The normalized spacial score (nSPS) is 16.0. The summed E-state index contributed by atoms with van der Waals surface area (Å²) in [5.74, 6) is 0. The van der Waals surface area contributed by atoms with E-state index in [4.69, 9.17) is 0 Å². The quantitative estimate of drug-likeness (QED) is 0.553. The van der Waals surface area contributed by atoms with E-state index in [2.05, 4.69) is 39.4 Å². The van der Waals surface area contributed by atoms with Crippen LogP contribution in [0.25, 0.3) is 16.6 Å². The van der Waals surface area contributed by atoms with E-state index in [-0.39, 0.29) is 5.56 Å². The predicted octanol–water partition coefficient (Wildman–Crippen LogP) is 3.16. The van der Waals surface area contributed by atoms with Gasteiger partial charge in [-0.05, 0) is 43.1 Å². The molecule has 2 aromatic carbocycles.